The molecule has 3 atom stereocenters. The monoisotopic (exact) mass is 298 g/mol. The Labute approximate surface area is 125 Å². The SMILES string of the molecule is CC1(C)C2OCCC2C1(N)C(=O)NCC1CCSCC1. The molecule has 0 aromatic rings. The molecule has 0 aromatic heterocycles. The van der Waals surface area contributed by atoms with Gasteiger partial charge in [-0.3, -0.25) is 4.79 Å². The molecule has 1 aliphatic carbocycles. The van der Waals surface area contributed by atoms with E-state index in [1.165, 1.54) is 24.3 Å². The molecule has 3 rings (SSSR count). The van der Waals surface area contributed by atoms with E-state index < -0.39 is 5.54 Å². The van der Waals surface area contributed by atoms with Crippen LogP contribution in [0.3, 0.4) is 0 Å². The zero-order valence-corrected chi connectivity index (χ0v) is 13.3. The summed E-state index contributed by atoms with van der Waals surface area (Å²) in [5.41, 5.74) is 5.51. The number of hydrogen-bond donors (Lipinski definition) is 2. The number of ether oxygens (including phenoxy) is 1. The van der Waals surface area contributed by atoms with Gasteiger partial charge in [-0.2, -0.15) is 11.8 Å². The lowest BCUT2D eigenvalue weighted by Gasteiger charge is -2.60. The predicted molar refractivity (Wildman–Crippen MR) is 81.6 cm³/mol. The second-order valence-electron chi connectivity index (χ2n) is 7.04. The van der Waals surface area contributed by atoms with Crippen LogP contribution in [0.5, 0.6) is 0 Å². The predicted octanol–water partition coefficient (Wildman–Crippen LogP) is 1.39. The van der Waals surface area contributed by atoms with Crippen LogP contribution in [0, 0.1) is 17.3 Å². The van der Waals surface area contributed by atoms with E-state index in [0.29, 0.717) is 5.92 Å². The molecule has 5 heteroatoms. The minimum atomic E-state index is -0.752. The summed E-state index contributed by atoms with van der Waals surface area (Å²) in [6.07, 6.45) is 3.49. The summed E-state index contributed by atoms with van der Waals surface area (Å²) in [7, 11) is 0. The molecule has 1 saturated carbocycles. The molecule has 1 amide bonds. The molecule has 2 saturated heterocycles. The van der Waals surface area contributed by atoms with Gasteiger partial charge in [-0.25, -0.2) is 0 Å². The largest absolute Gasteiger partial charge is 0.377 e. The van der Waals surface area contributed by atoms with Crippen molar-refractivity contribution < 1.29 is 9.53 Å². The Morgan fingerprint density at radius 2 is 2.05 bits per heavy atom. The summed E-state index contributed by atoms with van der Waals surface area (Å²) in [5.74, 6) is 3.30. The van der Waals surface area contributed by atoms with E-state index in [2.05, 4.69) is 19.2 Å². The van der Waals surface area contributed by atoms with Crippen molar-refractivity contribution in [2.75, 3.05) is 24.7 Å². The first-order valence-electron chi connectivity index (χ1n) is 7.74. The van der Waals surface area contributed by atoms with Crippen LogP contribution in [0.4, 0.5) is 0 Å². The maximum Gasteiger partial charge on any atom is 0.241 e. The standard InChI is InChI=1S/C15H26N2O2S/c1-14(2)12-11(3-6-19-12)15(14,16)13(18)17-9-10-4-7-20-8-5-10/h10-12H,3-9,16H2,1-2H3,(H,17,18). The molecule has 0 bridgehead atoms. The zero-order chi connectivity index (χ0) is 14.4. The highest BCUT2D eigenvalue weighted by Gasteiger charge is 2.71. The molecule has 3 N–H and O–H groups in total. The van der Waals surface area contributed by atoms with Crippen LogP contribution in [0.2, 0.25) is 0 Å². The van der Waals surface area contributed by atoms with Crippen LogP contribution >= 0.6 is 11.8 Å². The van der Waals surface area contributed by atoms with Crippen LogP contribution in [0.15, 0.2) is 0 Å². The molecule has 3 aliphatic rings. The zero-order valence-electron chi connectivity index (χ0n) is 12.5. The summed E-state index contributed by atoms with van der Waals surface area (Å²) in [4.78, 5) is 12.7. The smallest absolute Gasteiger partial charge is 0.241 e. The number of nitrogens with two attached hydrogens (primary N) is 1. The first kappa shape index (κ1) is 14.7. The average molecular weight is 298 g/mol. The van der Waals surface area contributed by atoms with Gasteiger partial charge in [-0.15, -0.1) is 0 Å². The minimum Gasteiger partial charge on any atom is -0.377 e. The van der Waals surface area contributed by atoms with Crippen molar-refractivity contribution in [1.29, 1.82) is 0 Å². The van der Waals surface area contributed by atoms with E-state index in [9.17, 15) is 4.79 Å². The quantitative estimate of drug-likeness (QED) is 0.826. The first-order chi connectivity index (χ1) is 9.48. The third kappa shape index (κ3) is 2.01. The van der Waals surface area contributed by atoms with Gasteiger partial charge in [0.05, 0.1) is 6.10 Å². The second-order valence-corrected chi connectivity index (χ2v) is 8.27. The van der Waals surface area contributed by atoms with Gasteiger partial charge in [-0.05, 0) is 36.7 Å². The molecule has 20 heavy (non-hydrogen) atoms. The average Bonchev–Trinajstić information content (AvgIpc) is 2.93. The molecule has 3 fully saturated rings. The van der Waals surface area contributed by atoms with Gasteiger partial charge in [0.25, 0.3) is 0 Å². The normalized spacial score (nSPS) is 40.0. The van der Waals surface area contributed by atoms with E-state index in [0.717, 1.165) is 19.6 Å². The number of carbonyl (C=O) groups is 1. The molecule has 2 aliphatic heterocycles. The Kier molecular flexibility index (Phi) is 3.80. The molecular formula is C15H26N2O2S. The van der Waals surface area contributed by atoms with Crippen molar-refractivity contribution in [3.05, 3.63) is 0 Å². The van der Waals surface area contributed by atoms with E-state index in [-0.39, 0.29) is 23.3 Å². The number of amides is 1. The first-order valence-corrected chi connectivity index (χ1v) is 8.90. The molecule has 0 radical (unpaired) electrons. The van der Waals surface area contributed by atoms with Crippen LogP contribution < -0.4 is 11.1 Å². The van der Waals surface area contributed by atoms with E-state index >= 15 is 0 Å². The van der Waals surface area contributed by atoms with Crippen molar-refractivity contribution in [3.63, 3.8) is 0 Å². The second kappa shape index (κ2) is 5.18. The maximum absolute atomic E-state index is 12.7. The van der Waals surface area contributed by atoms with Crippen LogP contribution in [0.25, 0.3) is 0 Å². The molecule has 2 heterocycles. The highest BCUT2D eigenvalue weighted by Crippen LogP contribution is 2.58. The molecule has 3 unspecified atom stereocenters. The fraction of sp³-hybridized carbons (Fsp3) is 0.933. The Morgan fingerprint density at radius 3 is 2.75 bits per heavy atom. The summed E-state index contributed by atoms with van der Waals surface area (Å²) in [5, 5.41) is 3.13. The van der Waals surface area contributed by atoms with Crippen LogP contribution in [0.1, 0.15) is 33.1 Å². The fourth-order valence-electron chi connectivity index (χ4n) is 4.18. The van der Waals surface area contributed by atoms with Crippen molar-refractivity contribution in [2.45, 2.75) is 44.8 Å². The summed E-state index contributed by atoms with van der Waals surface area (Å²) >= 11 is 2.01. The molecule has 0 spiro atoms. The topological polar surface area (TPSA) is 64.3 Å². The number of nitrogens with one attached hydrogen (secondary N) is 1. The maximum atomic E-state index is 12.7. The molecular weight excluding hydrogens is 272 g/mol. The van der Waals surface area contributed by atoms with Gasteiger partial charge >= 0.3 is 0 Å². The van der Waals surface area contributed by atoms with Gasteiger partial charge in [0, 0.05) is 24.5 Å². The number of fused-ring (bicyclic) bond motifs is 1. The number of hydrogen-bond acceptors (Lipinski definition) is 4. The van der Waals surface area contributed by atoms with Gasteiger partial charge in [0.1, 0.15) is 5.54 Å². The fourth-order valence-corrected chi connectivity index (χ4v) is 5.38. The lowest BCUT2D eigenvalue weighted by molar-refractivity contribution is -0.175. The molecule has 4 nitrogen and oxygen atoms in total. The molecule has 0 aromatic carbocycles. The van der Waals surface area contributed by atoms with Crippen molar-refractivity contribution in [3.8, 4) is 0 Å². The third-order valence-corrected chi connectivity index (χ3v) is 6.77. The lowest BCUT2D eigenvalue weighted by atomic mass is 9.48. The van der Waals surface area contributed by atoms with Crippen molar-refractivity contribution in [1.82, 2.24) is 5.32 Å². The highest BCUT2D eigenvalue weighted by molar-refractivity contribution is 7.99. The van der Waals surface area contributed by atoms with E-state index in [4.69, 9.17) is 10.5 Å². The van der Waals surface area contributed by atoms with Crippen molar-refractivity contribution in [2.24, 2.45) is 23.0 Å². The Balaban J connectivity index is 1.61. The van der Waals surface area contributed by atoms with Crippen LogP contribution in [-0.4, -0.2) is 42.2 Å². The minimum absolute atomic E-state index is 0.0347. The lowest BCUT2D eigenvalue weighted by Crippen LogP contribution is -2.80. The Bertz CT molecular complexity index is 395. The highest BCUT2D eigenvalue weighted by atomic mass is 32.2. The van der Waals surface area contributed by atoms with E-state index in [1.807, 2.05) is 11.8 Å². The summed E-state index contributed by atoms with van der Waals surface area (Å²) in [6.45, 7) is 5.66. The van der Waals surface area contributed by atoms with Crippen molar-refractivity contribution >= 4 is 17.7 Å². The Morgan fingerprint density at radius 1 is 1.35 bits per heavy atom. The van der Waals surface area contributed by atoms with Crippen LogP contribution in [-0.2, 0) is 9.53 Å². The number of thioether (sulfide) groups is 1. The number of carbonyl (C=O) groups excluding carboxylic acids is 1. The number of rotatable bonds is 3. The third-order valence-electron chi connectivity index (χ3n) is 5.72. The van der Waals surface area contributed by atoms with Gasteiger partial charge < -0.3 is 15.8 Å². The van der Waals surface area contributed by atoms with E-state index in [1.54, 1.807) is 0 Å². The molecule has 114 valence electrons. The van der Waals surface area contributed by atoms with Gasteiger partial charge in [0.2, 0.25) is 5.91 Å². The Hall–Kier alpha value is -0.260. The summed E-state index contributed by atoms with van der Waals surface area (Å²) in [6, 6.07) is 0. The van der Waals surface area contributed by atoms with Gasteiger partial charge in [-0.1, -0.05) is 13.8 Å². The van der Waals surface area contributed by atoms with Gasteiger partial charge in [0.15, 0.2) is 0 Å². The summed E-state index contributed by atoms with van der Waals surface area (Å²) < 4.78 is 5.74.